The maximum absolute atomic E-state index is 5.79. The molecule has 1 rings (SSSR count). The van der Waals surface area contributed by atoms with E-state index in [0.29, 0.717) is 25.2 Å². The highest BCUT2D eigenvalue weighted by Crippen LogP contribution is 2.21. The number of nitrogens with zero attached hydrogens (tertiary/aromatic N) is 1. The summed E-state index contributed by atoms with van der Waals surface area (Å²) in [4.78, 5) is 2.53. The highest BCUT2D eigenvalue weighted by molar-refractivity contribution is 4.79. The van der Waals surface area contributed by atoms with Crippen molar-refractivity contribution in [3.05, 3.63) is 0 Å². The Morgan fingerprint density at radius 2 is 1.89 bits per heavy atom. The standard InChI is InChI=1S/C14H30N2O2/c1-4-17-14(18-5-2)8-9-16-11-13(10-15)7-6-12(16)3/h12-14H,4-11,15H2,1-3H3. The van der Waals surface area contributed by atoms with Gasteiger partial charge in [0.05, 0.1) is 0 Å². The highest BCUT2D eigenvalue weighted by atomic mass is 16.7. The lowest BCUT2D eigenvalue weighted by atomic mass is 9.93. The first kappa shape index (κ1) is 15.9. The highest BCUT2D eigenvalue weighted by Gasteiger charge is 2.25. The van der Waals surface area contributed by atoms with Crippen LogP contribution in [0.2, 0.25) is 0 Å². The smallest absolute Gasteiger partial charge is 0.158 e. The van der Waals surface area contributed by atoms with E-state index in [1.807, 2.05) is 13.8 Å². The minimum absolute atomic E-state index is 0.0505. The van der Waals surface area contributed by atoms with Crippen LogP contribution in [0.1, 0.15) is 40.0 Å². The number of piperidine rings is 1. The van der Waals surface area contributed by atoms with E-state index in [1.54, 1.807) is 0 Å². The van der Waals surface area contributed by atoms with E-state index in [-0.39, 0.29) is 6.29 Å². The third kappa shape index (κ3) is 5.22. The Bertz CT molecular complexity index is 208. The fourth-order valence-electron chi connectivity index (χ4n) is 2.62. The van der Waals surface area contributed by atoms with Crippen LogP contribution >= 0.6 is 0 Å². The van der Waals surface area contributed by atoms with Gasteiger partial charge in [-0.2, -0.15) is 0 Å². The summed E-state index contributed by atoms with van der Waals surface area (Å²) in [5.74, 6) is 0.666. The molecular weight excluding hydrogens is 228 g/mol. The van der Waals surface area contributed by atoms with Gasteiger partial charge in [0, 0.05) is 38.8 Å². The summed E-state index contributed by atoms with van der Waals surface area (Å²) in [5.41, 5.74) is 5.79. The molecule has 0 radical (unpaired) electrons. The van der Waals surface area contributed by atoms with Crippen molar-refractivity contribution in [1.82, 2.24) is 4.90 Å². The van der Waals surface area contributed by atoms with E-state index in [2.05, 4.69) is 11.8 Å². The predicted octanol–water partition coefficient (Wildman–Crippen LogP) is 1.83. The fourth-order valence-corrected chi connectivity index (χ4v) is 2.62. The SMILES string of the molecule is CCOC(CCN1CC(CN)CCC1C)OCC. The molecule has 0 saturated carbocycles. The average molecular weight is 258 g/mol. The van der Waals surface area contributed by atoms with Gasteiger partial charge in [0.25, 0.3) is 0 Å². The van der Waals surface area contributed by atoms with Crippen LogP contribution in [0.3, 0.4) is 0 Å². The van der Waals surface area contributed by atoms with Crippen molar-refractivity contribution in [1.29, 1.82) is 0 Å². The third-order valence-electron chi connectivity index (χ3n) is 3.80. The number of nitrogens with two attached hydrogens (primary N) is 1. The van der Waals surface area contributed by atoms with Crippen LogP contribution in [0.25, 0.3) is 0 Å². The molecule has 108 valence electrons. The van der Waals surface area contributed by atoms with Crippen molar-refractivity contribution < 1.29 is 9.47 Å². The van der Waals surface area contributed by atoms with Crippen molar-refractivity contribution in [3.8, 4) is 0 Å². The first-order chi connectivity index (χ1) is 8.71. The van der Waals surface area contributed by atoms with Gasteiger partial charge < -0.3 is 20.1 Å². The Hall–Kier alpha value is -0.160. The maximum Gasteiger partial charge on any atom is 0.158 e. The Labute approximate surface area is 112 Å². The molecule has 18 heavy (non-hydrogen) atoms. The summed E-state index contributed by atoms with van der Waals surface area (Å²) in [7, 11) is 0. The summed E-state index contributed by atoms with van der Waals surface area (Å²) in [5, 5.41) is 0. The van der Waals surface area contributed by atoms with Gasteiger partial charge in [0.15, 0.2) is 6.29 Å². The molecule has 0 aliphatic carbocycles. The fraction of sp³-hybridized carbons (Fsp3) is 1.00. The molecule has 0 amide bonds. The van der Waals surface area contributed by atoms with Gasteiger partial charge in [-0.15, -0.1) is 0 Å². The second-order valence-electron chi connectivity index (χ2n) is 5.15. The lowest BCUT2D eigenvalue weighted by molar-refractivity contribution is -0.143. The Morgan fingerprint density at radius 1 is 1.22 bits per heavy atom. The number of hydrogen-bond acceptors (Lipinski definition) is 4. The topological polar surface area (TPSA) is 47.7 Å². The van der Waals surface area contributed by atoms with Gasteiger partial charge >= 0.3 is 0 Å². The van der Waals surface area contributed by atoms with Crippen molar-refractivity contribution in [2.75, 3.05) is 32.8 Å². The first-order valence-corrected chi connectivity index (χ1v) is 7.38. The molecule has 0 bridgehead atoms. The second kappa shape index (κ2) is 8.86. The summed E-state index contributed by atoms with van der Waals surface area (Å²) in [6, 6.07) is 0.664. The Balaban J connectivity index is 2.34. The number of hydrogen-bond donors (Lipinski definition) is 1. The van der Waals surface area contributed by atoms with Gasteiger partial charge in [-0.3, -0.25) is 0 Å². The summed E-state index contributed by atoms with van der Waals surface area (Å²) in [6.07, 6.45) is 3.43. The predicted molar refractivity (Wildman–Crippen MR) is 74.5 cm³/mol. The van der Waals surface area contributed by atoms with Gasteiger partial charge in [-0.1, -0.05) is 0 Å². The van der Waals surface area contributed by atoms with Crippen molar-refractivity contribution in [2.24, 2.45) is 11.7 Å². The van der Waals surface area contributed by atoms with Crippen LogP contribution in [0.15, 0.2) is 0 Å². The monoisotopic (exact) mass is 258 g/mol. The van der Waals surface area contributed by atoms with E-state index in [0.717, 1.165) is 26.1 Å². The largest absolute Gasteiger partial charge is 0.353 e. The number of likely N-dealkylation sites (tertiary alicyclic amines) is 1. The molecule has 1 aliphatic rings. The molecule has 2 N–H and O–H groups in total. The van der Waals surface area contributed by atoms with Gasteiger partial charge in [-0.25, -0.2) is 0 Å². The first-order valence-electron chi connectivity index (χ1n) is 7.38. The van der Waals surface area contributed by atoms with Gasteiger partial charge in [0.2, 0.25) is 0 Å². The molecule has 1 heterocycles. The number of ether oxygens (including phenoxy) is 2. The zero-order chi connectivity index (χ0) is 13.4. The van der Waals surface area contributed by atoms with Crippen LogP contribution in [0, 0.1) is 5.92 Å². The zero-order valence-electron chi connectivity index (χ0n) is 12.2. The molecule has 2 unspecified atom stereocenters. The normalized spacial score (nSPS) is 25.8. The molecule has 4 heteroatoms. The molecule has 0 aromatic heterocycles. The van der Waals surface area contributed by atoms with Gasteiger partial charge in [-0.05, 0) is 46.1 Å². The van der Waals surface area contributed by atoms with Crippen molar-refractivity contribution in [3.63, 3.8) is 0 Å². The molecule has 1 fully saturated rings. The molecule has 0 aromatic rings. The maximum atomic E-state index is 5.79. The molecule has 2 atom stereocenters. The molecule has 1 saturated heterocycles. The van der Waals surface area contributed by atoms with E-state index < -0.39 is 0 Å². The third-order valence-corrected chi connectivity index (χ3v) is 3.80. The second-order valence-corrected chi connectivity index (χ2v) is 5.15. The van der Waals surface area contributed by atoms with E-state index >= 15 is 0 Å². The summed E-state index contributed by atoms with van der Waals surface area (Å²) >= 11 is 0. The van der Waals surface area contributed by atoms with Gasteiger partial charge in [0.1, 0.15) is 0 Å². The zero-order valence-corrected chi connectivity index (χ0v) is 12.2. The lowest BCUT2D eigenvalue weighted by Gasteiger charge is -2.38. The van der Waals surface area contributed by atoms with Crippen molar-refractivity contribution >= 4 is 0 Å². The molecule has 0 spiro atoms. The van der Waals surface area contributed by atoms with Crippen LogP contribution < -0.4 is 5.73 Å². The van der Waals surface area contributed by atoms with Crippen LogP contribution in [0.4, 0.5) is 0 Å². The Kier molecular flexibility index (Phi) is 7.82. The average Bonchev–Trinajstić information content (AvgIpc) is 2.38. The van der Waals surface area contributed by atoms with E-state index in [4.69, 9.17) is 15.2 Å². The quantitative estimate of drug-likeness (QED) is 0.675. The molecule has 4 nitrogen and oxygen atoms in total. The lowest BCUT2D eigenvalue weighted by Crippen LogP contribution is -2.45. The minimum Gasteiger partial charge on any atom is -0.353 e. The van der Waals surface area contributed by atoms with Crippen LogP contribution in [-0.4, -0.2) is 50.1 Å². The molecule has 0 aromatic carbocycles. The molecular formula is C14H30N2O2. The summed E-state index contributed by atoms with van der Waals surface area (Å²) in [6.45, 7) is 10.7. The van der Waals surface area contributed by atoms with Crippen molar-refractivity contribution in [2.45, 2.75) is 52.4 Å². The number of rotatable bonds is 8. The summed E-state index contributed by atoms with van der Waals surface area (Å²) < 4.78 is 11.2. The van der Waals surface area contributed by atoms with Crippen LogP contribution in [-0.2, 0) is 9.47 Å². The van der Waals surface area contributed by atoms with E-state index in [9.17, 15) is 0 Å². The minimum atomic E-state index is -0.0505. The van der Waals surface area contributed by atoms with Crippen LogP contribution in [0.5, 0.6) is 0 Å². The molecule has 1 aliphatic heterocycles. The van der Waals surface area contributed by atoms with E-state index in [1.165, 1.54) is 12.8 Å². The Morgan fingerprint density at radius 3 is 2.44 bits per heavy atom.